The molecule has 1 aromatic rings. The van der Waals surface area contributed by atoms with E-state index in [1.165, 1.54) is 11.0 Å². The molecule has 116 valence electrons. The maximum Gasteiger partial charge on any atom is 0.326 e. The average Bonchev–Trinajstić information content (AvgIpc) is 3.04. The summed E-state index contributed by atoms with van der Waals surface area (Å²) in [7, 11) is -3.76. The van der Waals surface area contributed by atoms with Gasteiger partial charge in [-0.2, -0.15) is 0 Å². The van der Waals surface area contributed by atoms with Crippen LogP contribution in [0.1, 0.15) is 12.8 Å². The molecule has 0 bridgehead atoms. The molecular weight excluding hydrogens is 384 g/mol. The van der Waals surface area contributed by atoms with Gasteiger partial charge in [-0.3, -0.25) is 4.79 Å². The normalized spacial score (nSPS) is 18.9. The molecule has 0 aliphatic carbocycles. The molecule has 1 aromatic heterocycles. The third-order valence-corrected chi connectivity index (χ3v) is 6.60. The van der Waals surface area contributed by atoms with E-state index in [4.69, 9.17) is 5.11 Å². The summed E-state index contributed by atoms with van der Waals surface area (Å²) < 4.78 is 26.9. The molecule has 0 aromatic carbocycles. The van der Waals surface area contributed by atoms with Gasteiger partial charge in [0.05, 0.1) is 10.3 Å². The largest absolute Gasteiger partial charge is 0.480 e. The number of aliphatic carboxylic acids is 1. The van der Waals surface area contributed by atoms with Crippen LogP contribution in [0.3, 0.4) is 0 Å². The van der Waals surface area contributed by atoms with Crippen LogP contribution in [0, 0.1) is 0 Å². The summed E-state index contributed by atoms with van der Waals surface area (Å²) in [6, 6.07) is 2.16. The van der Waals surface area contributed by atoms with Crippen LogP contribution in [0.2, 0.25) is 0 Å². The number of nitrogens with one attached hydrogen (secondary N) is 1. The molecule has 1 amide bonds. The number of carbonyl (C=O) groups is 2. The molecule has 1 unspecified atom stereocenters. The SMILES string of the molecule is O=C(O)C1CCCN1C(=O)CNS(=O)(=O)c1ccc(Br)s1. The van der Waals surface area contributed by atoms with E-state index in [1.807, 2.05) is 0 Å². The zero-order valence-electron chi connectivity index (χ0n) is 10.8. The van der Waals surface area contributed by atoms with Crippen molar-refractivity contribution in [1.82, 2.24) is 9.62 Å². The van der Waals surface area contributed by atoms with Gasteiger partial charge in [-0.1, -0.05) is 0 Å². The molecule has 0 radical (unpaired) electrons. The first-order valence-electron chi connectivity index (χ1n) is 6.08. The number of hydrogen-bond donors (Lipinski definition) is 2. The summed E-state index contributed by atoms with van der Waals surface area (Å²) in [6.45, 7) is -0.107. The number of rotatable bonds is 5. The summed E-state index contributed by atoms with van der Waals surface area (Å²) in [4.78, 5) is 24.2. The Kier molecular flexibility index (Phi) is 5.02. The Morgan fingerprint density at radius 3 is 2.76 bits per heavy atom. The van der Waals surface area contributed by atoms with Crippen molar-refractivity contribution in [2.24, 2.45) is 0 Å². The monoisotopic (exact) mass is 396 g/mol. The van der Waals surface area contributed by atoms with Gasteiger partial charge in [0.1, 0.15) is 10.3 Å². The fourth-order valence-electron chi connectivity index (χ4n) is 2.09. The molecule has 2 rings (SSSR count). The molecule has 1 aliphatic rings. The summed E-state index contributed by atoms with van der Waals surface area (Å²) >= 11 is 4.20. The maximum absolute atomic E-state index is 12.0. The minimum atomic E-state index is -3.76. The lowest BCUT2D eigenvalue weighted by atomic mass is 10.2. The number of thiophene rings is 1. The van der Waals surface area contributed by atoms with Crippen molar-refractivity contribution in [3.8, 4) is 0 Å². The Hall–Kier alpha value is -0.970. The van der Waals surface area contributed by atoms with Gasteiger partial charge in [-0.05, 0) is 40.9 Å². The number of amides is 1. The van der Waals surface area contributed by atoms with Crippen LogP contribution in [0.4, 0.5) is 0 Å². The van der Waals surface area contributed by atoms with Gasteiger partial charge in [0.25, 0.3) is 10.0 Å². The topological polar surface area (TPSA) is 104 Å². The minimum Gasteiger partial charge on any atom is -0.480 e. The lowest BCUT2D eigenvalue weighted by Crippen LogP contribution is -2.45. The first-order chi connectivity index (χ1) is 9.81. The molecule has 2 N–H and O–H groups in total. The summed E-state index contributed by atoms with van der Waals surface area (Å²) in [5.74, 6) is -1.59. The van der Waals surface area contributed by atoms with Crippen molar-refractivity contribution in [2.45, 2.75) is 23.1 Å². The summed E-state index contributed by atoms with van der Waals surface area (Å²) in [6.07, 6.45) is 0.999. The quantitative estimate of drug-likeness (QED) is 0.767. The first kappa shape index (κ1) is 16.4. The number of likely N-dealkylation sites (tertiary alicyclic amines) is 1. The Morgan fingerprint density at radius 2 is 2.19 bits per heavy atom. The Bertz CT molecular complexity index is 657. The molecule has 2 heterocycles. The van der Waals surface area contributed by atoms with Crippen molar-refractivity contribution in [3.63, 3.8) is 0 Å². The number of carboxylic acids is 1. The van der Waals surface area contributed by atoms with Crippen molar-refractivity contribution in [3.05, 3.63) is 15.9 Å². The Balaban J connectivity index is 1.99. The molecular formula is C11H13BrN2O5S2. The van der Waals surface area contributed by atoms with E-state index in [1.54, 1.807) is 6.07 Å². The Labute approximate surface area is 134 Å². The second kappa shape index (κ2) is 6.42. The maximum atomic E-state index is 12.0. The van der Waals surface area contributed by atoms with E-state index >= 15 is 0 Å². The summed E-state index contributed by atoms with van der Waals surface area (Å²) in [5.41, 5.74) is 0. The lowest BCUT2D eigenvalue weighted by molar-refractivity contribution is -0.147. The van der Waals surface area contributed by atoms with Crippen LogP contribution in [-0.2, 0) is 19.6 Å². The van der Waals surface area contributed by atoms with Crippen LogP contribution in [0.25, 0.3) is 0 Å². The zero-order chi connectivity index (χ0) is 15.6. The fraction of sp³-hybridized carbons (Fsp3) is 0.455. The number of carbonyl (C=O) groups excluding carboxylic acids is 1. The van der Waals surface area contributed by atoms with Crippen molar-refractivity contribution in [2.75, 3.05) is 13.1 Å². The van der Waals surface area contributed by atoms with Crippen molar-refractivity contribution in [1.29, 1.82) is 0 Å². The molecule has 7 nitrogen and oxygen atoms in total. The highest BCUT2D eigenvalue weighted by Gasteiger charge is 2.34. The summed E-state index contributed by atoms with van der Waals surface area (Å²) in [5, 5.41) is 9.01. The number of sulfonamides is 1. The fourth-order valence-corrected chi connectivity index (χ4v) is 5.12. The van der Waals surface area contributed by atoms with Gasteiger partial charge >= 0.3 is 5.97 Å². The molecule has 21 heavy (non-hydrogen) atoms. The number of carboxylic acid groups (broad SMARTS) is 1. The standard InChI is InChI=1S/C11H13BrN2O5S2/c12-8-3-4-10(20-8)21(18,19)13-6-9(15)14-5-1-2-7(14)11(16)17/h3-4,7,13H,1-2,5-6H2,(H,16,17). The van der Waals surface area contributed by atoms with E-state index in [9.17, 15) is 18.0 Å². The minimum absolute atomic E-state index is 0.0957. The van der Waals surface area contributed by atoms with E-state index in [0.29, 0.717) is 23.2 Å². The molecule has 1 atom stereocenters. The van der Waals surface area contributed by atoms with E-state index in [2.05, 4.69) is 20.7 Å². The first-order valence-corrected chi connectivity index (χ1v) is 9.18. The molecule has 1 fully saturated rings. The second-order valence-corrected chi connectivity index (χ2v) is 8.92. The second-order valence-electron chi connectivity index (χ2n) is 4.47. The molecule has 1 aliphatic heterocycles. The van der Waals surface area contributed by atoms with Gasteiger partial charge in [-0.15, -0.1) is 11.3 Å². The van der Waals surface area contributed by atoms with Gasteiger partial charge < -0.3 is 10.0 Å². The van der Waals surface area contributed by atoms with Gasteiger partial charge in [0, 0.05) is 6.54 Å². The third kappa shape index (κ3) is 3.82. The van der Waals surface area contributed by atoms with Gasteiger partial charge in [0.2, 0.25) is 5.91 Å². The highest BCUT2D eigenvalue weighted by molar-refractivity contribution is 9.11. The molecule has 1 saturated heterocycles. The highest BCUT2D eigenvalue weighted by Crippen LogP contribution is 2.25. The predicted octanol–water partition coefficient (Wildman–Crippen LogP) is 0.864. The molecule has 10 heteroatoms. The third-order valence-electron chi connectivity index (χ3n) is 3.09. The van der Waals surface area contributed by atoms with Crippen molar-refractivity contribution >= 4 is 49.2 Å². The van der Waals surface area contributed by atoms with Gasteiger partial charge in [0.15, 0.2) is 0 Å². The lowest BCUT2D eigenvalue weighted by Gasteiger charge is -2.21. The van der Waals surface area contributed by atoms with E-state index in [-0.39, 0.29) is 4.21 Å². The predicted molar refractivity (Wildman–Crippen MR) is 79.6 cm³/mol. The zero-order valence-corrected chi connectivity index (χ0v) is 14.0. The molecule has 0 spiro atoms. The van der Waals surface area contributed by atoms with Crippen LogP contribution in [0.5, 0.6) is 0 Å². The highest BCUT2D eigenvalue weighted by atomic mass is 79.9. The average molecular weight is 397 g/mol. The Morgan fingerprint density at radius 1 is 1.48 bits per heavy atom. The van der Waals surface area contributed by atoms with Crippen LogP contribution in [0.15, 0.2) is 20.1 Å². The molecule has 0 saturated carbocycles. The van der Waals surface area contributed by atoms with E-state index < -0.39 is 34.5 Å². The van der Waals surface area contributed by atoms with Crippen LogP contribution < -0.4 is 4.72 Å². The van der Waals surface area contributed by atoms with Gasteiger partial charge in [-0.25, -0.2) is 17.9 Å². The van der Waals surface area contributed by atoms with Crippen LogP contribution >= 0.6 is 27.3 Å². The van der Waals surface area contributed by atoms with E-state index in [0.717, 1.165) is 11.3 Å². The van der Waals surface area contributed by atoms with Crippen LogP contribution in [-0.4, -0.2) is 49.4 Å². The number of nitrogens with zero attached hydrogens (tertiary/aromatic N) is 1. The van der Waals surface area contributed by atoms with Crippen molar-refractivity contribution < 1.29 is 23.1 Å². The smallest absolute Gasteiger partial charge is 0.326 e. The number of hydrogen-bond acceptors (Lipinski definition) is 5. The number of halogens is 1.